The van der Waals surface area contributed by atoms with Gasteiger partial charge >= 0.3 is 5.97 Å². The number of anilines is 1. The zero-order valence-corrected chi connectivity index (χ0v) is 17.3. The highest BCUT2D eigenvalue weighted by atomic mass is 16.5. The molecule has 0 aliphatic carbocycles. The van der Waals surface area contributed by atoms with E-state index in [-0.39, 0.29) is 24.8 Å². The monoisotopic (exact) mass is 416 g/mol. The Hall–Kier alpha value is -3.67. The molecule has 0 bridgehead atoms. The Morgan fingerprint density at radius 3 is 2.61 bits per heavy atom. The molecule has 0 spiro atoms. The first-order valence-corrected chi connectivity index (χ1v) is 10.3. The fourth-order valence-corrected chi connectivity index (χ4v) is 3.93. The summed E-state index contributed by atoms with van der Waals surface area (Å²) in [6.07, 6.45) is 0.0224. The van der Waals surface area contributed by atoms with Gasteiger partial charge in [-0.05, 0) is 41.3 Å². The Labute approximate surface area is 180 Å². The van der Waals surface area contributed by atoms with E-state index in [9.17, 15) is 14.4 Å². The second kappa shape index (κ2) is 9.00. The second-order valence-electron chi connectivity index (χ2n) is 7.59. The summed E-state index contributed by atoms with van der Waals surface area (Å²) in [6, 6.07) is 21.3. The fourth-order valence-electron chi connectivity index (χ4n) is 3.93. The molecule has 0 radical (unpaired) electrons. The number of para-hydroxylation sites is 1. The molecule has 1 heterocycles. The van der Waals surface area contributed by atoms with Crippen LogP contribution in [0.25, 0.3) is 10.8 Å². The molecule has 1 aliphatic heterocycles. The van der Waals surface area contributed by atoms with Gasteiger partial charge in [-0.25, -0.2) is 0 Å². The molecule has 31 heavy (non-hydrogen) atoms. The summed E-state index contributed by atoms with van der Waals surface area (Å²) in [5.41, 5.74) is 2.86. The highest BCUT2D eigenvalue weighted by molar-refractivity contribution is 5.99. The van der Waals surface area contributed by atoms with Gasteiger partial charge in [-0.3, -0.25) is 14.4 Å². The molecule has 0 aromatic heterocycles. The summed E-state index contributed by atoms with van der Waals surface area (Å²) >= 11 is 0. The summed E-state index contributed by atoms with van der Waals surface area (Å²) in [5, 5.41) is 4.65. The number of esters is 1. The highest BCUT2D eigenvalue weighted by Crippen LogP contribution is 2.28. The first kappa shape index (κ1) is 20.6. The van der Waals surface area contributed by atoms with Gasteiger partial charge in [0.2, 0.25) is 5.91 Å². The minimum Gasteiger partial charge on any atom is -0.451 e. The van der Waals surface area contributed by atoms with Crippen LogP contribution in [0.2, 0.25) is 0 Å². The zero-order valence-electron chi connectivity index (χ0n) is 17.3. The number of benzene rings is 3. The fraction of sp³-hybridized carbons (Fsp3) is 0.240. The van der Waals surface area contributed by atoms with Crippen molar-refractivity contribution < 1.29 is 19.1 Å². The van der Waals surface area contributed by atoms with Gasteiger partial charge in [0.05, 0.1) is 6.42 Å². The number of amides is 2. The van der Waals surface area contributed by atoms with Crippen molar-refractivity contribution in [2.75, 3.05) is 18.0 Å². The summed E-state index contributed by atoms with van der Waals surface area (Å²) in [4.78, 5) is 38.9. The number of hydrogen-bond acceptors (Lipinski definition) is 4. The normalized spacial score (nSPS) is 13.5. The van der Waals surface area contributed by atoms with Crippen molar-refractivity contribution in [3.05, 3.63) is 77.9 Å². The van der Waals surface area contributed by atoms with E-state index in [1.165, 1.54) is 0 Å². The average molecular weight is 416 g/mol. The molecular formula is C25H24N2O4. The largest absolute Gasteiger partial charge is 0.451 e. The lowest BCUT2D eigenvalue weighted by Gasteiger charge is -2.21. The minimum absolute atomic E-state index is 0.160. The minimum atomic E-state index is -0.923. The van der Waals surface area contributed by atoms with Crippen molar-refractivity contribution >= 4 is 34.2 Å². The summed E-state index contributed by atoms with van der Waals surface area (Å²) in [7, 11) is 0. The van der Waals surface area contributed by atoms with Gasteiger partial charge in [-0.2, -0.15) is 0 Å². The van der Waals surface area contributed by atoms with E-state index in [2.05, 4.69) is 5.32 Å². The predicted molar refractivity (Wildman–Crippen MR) is 119 cm³/mol. The van der Waals surface area contributed by atoms with E-state index in [4.69, 9.17) is 4.74 Å². The van der Waals surface area contributed by atoms with Crippen LogP contribution in [0.15, 0.2) is 66.7 Å². The molecule has 1 aliphatic rings. The lowest BCUT2D eigenvalue weighted by molar-refractivity contribution is -0.153. The molecule has 0 fully saturated rings. The standard InChI is InChI=1S/C25H24N2O4/c1-17(25(30)27-14-13-19-8-3-5-12-22(19)27)31-24(29)16-26-23(28)15-20-10-6-9-18-7-2-4-11-21(18)20/h2-12,17H,13-16H2,1H3,(H,26,28)/t17-/m0/s1. The van der Waals surface area contributed by atoms with Crippen molar-refractivity contribution in [1.29, 1.82) is 0 Å². The maximum absolute atomic E-state index is 12.7. The second-order valence-corrected chi connectivity index (χ2v) is 7.59. The molecule has 4 rings (SSSR count). The number of hydrogen-bond donors (Lipinski definition) is 1. The van der Waals surface area contributed by atoms with E-state index < -0.39 is 12.1 Å². The van der Waals surface area contributed by atoms with Gasteiger partial charge in [0.15, 0.2) is 6.10 Å². The van der Waals surface area contributed by atoms with E-state index >= 15 is 0 Å². The van der Waals surface area contributed by atoms with Crippen LogP contribution in [0.1, 0.15) is 18.1 Å². The number of nitrogens with zero attached hydrogens (tertiary/aromatic N) is 1. The quantitative estimate of drug-likeness (QED) is 0.627. The van der Waals surface area contributed by atoms with E-state index in [0.717, 1.165) is 34.0 Å². The third-order valence-electron chi connectivity index (χ3n) is 5.47. The number of rotatable bonds is 6. The lowest BCUT2D eigenvalue weighted by Crippen LogP contribution is -2.41. The Bertz CT molecular complexity index is 1140. The Kier molecular flexibility index (Phi) is 5.98. The zero-order chi connectivity index (χ0) is 21.8. The number of fused-ring (bicyclic) bond motifs is 2. The molecule has 3 aromatic rings. The third kappa shape index (κ3) is 4.58. The molecule has 6 nitrogen and oxygen atoms in total. The maximum Gasteiger partial charge on any atom is 0.326 e. The SMILES string of the molecule is C[C@H](OC(=O)CNC(=O)Cc1cccc2ccccc12)C(=O)N1CCc2ccccc21. The highest BCUT2D eigenvalue weighted by Gasteiger charge is 2.29. The molecule has 6 heteroatoms. The van der Waals surface area contributed by atoms with E-state index in [0.29, 0.717) is 6.54 Å². The predicted octanol–water partition coefficient (Wildman–Crippen LogP) is 3.02. The van der Waals surface area contributed by atoms with Crippen LogP contribution < -0.4 is 10.2 Å². The topological polar surface area (TPSA) is 75.7 Å². The third-order valence-corrected chi connectivity index (χ3v) is 5.47. The molecular weight excluding hydrogens is 392 g/mol. The summed E-state index contributed by atoms with van der Waals surface area (Å²) < 4.78 is 5.27. The van der Waals surface area contributed by atoms with Gasteiger partial charge in [-0.15, -0.1) is 0 Å². The molecule has 2 amide bonds. The first-order valence-electron chi connectivity index (χ1n) is 10.3. The maximum atomic E-state index is 12.7. The molecule has 0 saturated heterocycles. The van der Waals surface area contributed by atoms with Crippen LogP contribution in [0.4, 0.5) is 5.69 Å². The van der Waals surface area contributed by atoms with Crippen molar-refractivity contribution in [2.45, 2.75) is 25.9 Å². The van der Waals surface area contributed by atoms with Gasteiger partial charge in [0.1, 0.15) is 6.54 Å². The molecule has 1 atom stereocenters. The number of ether oxygens (including phenoxy) is 1. The van der Waals surface area contributed by atoms with Crippen LogP contribution in [-0.2, 0) is 32.0 Å². The van der Waals surface area contributed by atoms with Gasteiger partial charge < -0.3 is 15.0 Å². The van der Waals surface area contributed by atoms with Gasteiger partial charge in [-0.1, -0.05) is 60.7 Å². The summed E-state index contributed by atoms with van der Waals surface area (Å²) in [5.74, 6) is -1.18. The number of carbonyl (C=O) groups is 3. The van der Waals surface area contributed by atoms with E-state index in [1.807, 2.05) is 66.7 Å². The first-order chi connectivity index (χ1) is 15.0. The van der Waals surface area contributed by atoms with Crippen molar-refractivity contribution in [3.8, 4) is 0 Å². The van der Waals surface area contributed by atoms with Gasteiger partial charge in [0.25, 0.3) is 5.91 Å². The molecule has 0 saturated carbocycles. The Balaban J connectivity index is 1.29. The van der Waals surface area contributed by atoms with Crippen LogP contribution in [0.3, 0.4) is 0 Å². The number of carbonyl (C=O) groups excluding carboxylic acids is 3. The van der Waals surface area contributed by atoms with Crippen LogP contribution in [0.5, 0.6) is 0 Å². The van der Waals surface area contributed by atoms with Crippen LogP contribution in [-0.4, -0.2) is 37.0 Å². The van der Waals surface area contributed by atoms with Crippen molar-refractivity contribution in [3.63, 3.8) is 0 Å². The number of nitrogens with one attached hydrogen (secondary N) is 1. The van der Waals surface area contributed by atoms with E-state index in [1.54, 1.807) is 11.8 Å². The molecule has 0 unspecified atom stereocenters. The molecule has 1 N–H and O–H groups in total. The van der Waals surface area contributed by atoms with Crippen molar-refractivity contribution in [1.82, 2.24) is 5.32 Å². The Morgan fingerprint density at radius 2 is 1.74 bits per heavy atom. The molecule has 158 valence electrons. The summed E-state index contributed by atoms with van der Waals surface area (Å²) in [6.45, 7) is 1.85. The lowest BCUT2D eigenvalue weighted by atomic mass is 10.0. The van der Waals surface area contributed by atoms with Crippen LogP contribution in [0, 0.1) is 0 Å². The Morgan fingerprint density at radius 1 is 1.00 bits per heavy atom. The smallest absolute Gasteiger partial charge is 0.326 e. The van der Waals surface area contributed by atoms with Crippen LogP contribution >= 0.6 is 0 Å². The van der Waals surface area contributed by atoms with Gasteiger partial charge in [0, 0.05) is 12.2 Å². The van der Waals surface area contributed by atoms with Crippen molar-refractivity contribution in [2.24, 2.45) is 0 Å². The molecule has 3 aromatic carbocycles. The average Bonchev–Trinajstić information content (AvgIpc) is 3.21.